The van der Waals surface area contributed by atoms with Crippen molar-refractivity contribution in [3.8, 4) is 0 Å². The maximum absolute atomic E-state index is 4.02. The fraction of sp³-hybridized carbons (Fsp3) is 0.545. The van der Waals surface area contributed by atoms with E-state index in [-0.39, 0.29) is 0 Å². The highest BCUT2D eigenvalue weighted by molar-refractivity contribution is 9.10. The van der Waals surface area contributed by atoms with Crippen molar-refractivity contribution in [2.75, 3.05) is 0 Å². The molecule has 0 saturated carbocycles. The number of fused-ring (bicyclic) bond motifs is 1. The second-order valence-electron chi connectivity index (χ2n) is 14.6. The molecule has 0 amide bonds. The van der Waals surface area contributed by atoms with Crippen molar-refractivity contribution < 1.29 is 0 Å². The van der Waals surface area contributed by atoms with Gasteiger partial charge in [0, 0.05) is 32.7 Å². The largest absolute Gasteiger partial charge is 0.340 e. The summed E-state index contributed by atoms with van der Waals surface area (Å²) in [6.07, 6.45) is 28.1. The van der Waals surface area contributed by atoms with Crippen LogP contribution in [0.5, 0.6) is 0 Å². The Bertz CT molecular complexity index is 1780. The Morgan fingerprint density at radius 1 is 0.500 bits per heavy atom. The standard InChI is InChI=1S/C44H58BrN/c1-3-5-7-9-11-13-14-16-18-20-24-33(23-19-17-15-12-10-8-6-4-2)32-46-39-30-29-34-25-21-26-35-36-27-22-28-37-38(45)31-40(46)44(42(36)37)43(39)41(34)35/h21-22,25-31,33H,3-20,23-24,32H2,1-2H3. The Hall–Kier alpha value is -2.32. The van der Waals surface area contributed by atoms with E-state index in [0.717, 1.165) is 12.5 Å². The van der Waals surface area contributed by atoms with Gasteiger partial charge in [-0.1, -0.05) is 188 Å². The monoisotopic (exact) mass is 679 g/mol. The van der Waals surface area contributed by atoms with Gasteiger partial charge in [-0.3, -0.25) is 0 Å². The molecule has 1 aromatic heterocycles. The van der Waals surface area contributed by atoms with Gasteiger partial charge in [-0.05, 0) is 57.8 Å². The van der Waals surface area contributed by atoms with Gasteiger partial charge in [0.1, 0.15) is 0 Å². The zero-order chi connectivity index (χ0) is 31.7. The van der Waals surface area contributed by atoms with Gasteiger partial charge in [-0.25, -0.2) is 0 Å². The zero-order valence-corrected chi connectivity index (χ0v) is 30.5. The van der Waals surface area contributed by atoms with Gasteiger partial charge in [-0.2, -0.15) is 0 Å². The molecule has 46 heavy (non-hydrogen) atoms. The predicted molar refractivity (Wildman–Crippen MR) is 209 cm³/mol. The Morgan fingerprint density at radius 2 is 1.00 bits per heavy atom. The lowest BCUT2D eigenvalue weighted by atomic mass is 9.90. The predicted octanol–water partition coefficient (Wildman–Crippen LogP) is 15.4. The third-order valence-corrected chi connectivity index (χ3v) is 11.8. The molecule has 0 aliphatic rings. The smallest absolute Gasteiger partial charge is 0.0509 e. The summed E-state index contributed by atoms with van der Waals surface area (Å²) in [5.41, 5.74) is 2.86. The maximum atomic E-state index is 4.02. The van der Waals surface area contributed by atoms with E-state index < -0.39 is 0 Å². The Balaban J connectivity index is 1.21. The molecule has 0 spiro atoms. The number of nitrogens with zero attached hydrogens (tertiary/aromatic N) is 1. The first-order valence-corrected chi connectivity index (χ1v) is 20.1. The van der Waals surface area contributed by atoms with Gasteiger partial charge >= 0.3 is 0 Å². The van der Waals surface area contributed by atoms with Crippen LogP contribution in [0.4, 0.5) is 0 Å². The van der Waals surface area contributed by atoms with Crippen molar-refractivity contribution in [3.05, 3.63) is 59.1 Å². The van der Waals surface area contributed by atoms with Crippen molar-refractivity contribution >= 4 is 70.1 Å². The zero-order valence-electron chi connectivity index (χ0n) is 28.9. The molecule has 246 valence electrons. The first kappa shape index (κ1) is 33.6. The van der Waals surface area contributed by atoms with Crippen molar-refractivity contribution in [2.24, 2.45) is 5.92 Å². The van der Waals surface area contributed by atoms with Crippen LogP contribution in [-0.2, 0) is 6.54 Å². The fourth-order valence-electron chi connectivity index (χ4n) is 8.58. The summed E-state index contributed by atoms with van der Waals surface area (Å²) >= 11 is 4.02. The molecule has 1 atom stereocenters. The lowest BCUT2D eigenvalue weighted by Gasteiger charge is -2.20. The molecule has 1 unspecified atom stereocenters. The highest BCUT2D eigenvalue weighted by Crippen LogP contribution is 2.48. The molecule has 2 heteroatoms. The van der Waals surface area contributed by atoms with Crippen molar-refractivity contribution in [2.45, 2.75) is 149 Å². The van der Waals surface area contributed by atoms with Crippen LogP contribution in [0.15, 0.2) is 59.1 Å². The van der Waals surface area contributed by atoms with Crippen molar-refractivity contribution in [3.63, 3.8) is 0 Å². The molecule has 0 radical (unpaired) electrons. The van der Waals surface area contributed by atoms with Crippen LogP contribution in [0, 0.1) is 5.92 Å². The van der Waals surface area contributed by atoms with Gasteiger partial charge in [0.2, 0.25) is 0 Å². The fourth-order valence-corrected chi connectivity index (χ4v) is 9.13. The first-order chi connectivity index (χ1) is 22.7. The summed E-state index contributed by atoms with van der Waals surface area (Å²) < 4.78 is 3.96. The molecule has 5 aromatic carbocycles. The van der Waals surface area contributed by atoms with Gasteiger partial charge in [0.25, 0.3) is 0 Å². The van der Waals surface area contributed by atoms with E-state index in [0.29, 0.717) is 0 Å². The third kappa shape index (κ3) is 7.38. The summed E-state index contributed by atoms with van der Waals surface area (Å²) in [6, 6.07) is 21.0. The average molecular weight is 681 g/mol. The molecular weight excluding hydrogens is 622 g/mol. The number of rotatable bonds is 22. The molecule has 0 aliphatic carbocycles. The Labute approximate surface area is 287 Å². The number of hydrogen-bond donors (Lipinski definition) is 0. The van der Waals surface area contributed by atoms with Crippen LogP contribution in [0.2, 0.25) is 0 Å². The van der Waals surface area contributed by atoms with Gasteiger partial charge in [0.05, 0.1) is 5.52 Å². The second-order valence-corrected chi connectivity index (χ2v) is 15.4. The first-order valence-electron chi connectivity index (χ1n) is 19.3. The molecule has 6 rings (SSSR count). The number of hydrogen-bond acceptors (Lipinski definition) is 0. The normalized spacial score (nSPS) is 13.1. The Morgan fingerprint density at radius 3 is 1.61 bits per heavy atom. The Kier molecular flexibility index (Phi) is 12.2. The van der Waals surface area contributed by atoms with Crippen molar-refractivity contribution in [1.29, 1.82) is 0 Å². The van der Waals surface area contributed by atoms with Gasteiger partial charge in [-0.15, -0.1) is 0 Å². The molecule has 1 heterocycles. The topological polar surface area (TPSA) is 4.93 Å². The quantitative estimate of drug-likeness (QED) is 0.0382. The van der Waals surface area contributed by atoms with Crippen LogP contribution in [-0.4, -0.2) is 4.57 Å². The van der Waals surface area contributed by atoms with E-state index in [4.69, 9.17) is 0 Å². The number of unbranched alkanes of at least 4 members (excludes halogenated alkanes) is 16. The maximum Gasteiger partial charge on any atom is 0.0509 e. The molecule has 1 nitrogen and oxygen atoms in total. The average Bonchev–Trinajstić information content (AvgIpc) is 3.39. The molecule has 0 saturated heterocycles. The highest BCUT2D eigenvalue weighted by atomic mass is 79.9. The minimum absolute atomic E-state index is 0.740. The van der Waals surface area contributed by atoms with Gasteiger partial charge < -0.3 is 4.57 Å². The molecule has 0 N–H and O–H groups in total. The molecular formula is C44H58BrN. The number of halogens is 1. The van der Waals surface area contributed by atoms with Gasteiger partial charge in [0.15, 0.2) is 0 Å². The van der Waals surface area contributed by atoms with E-state index in [1.807, 2.05) is 0 Å². The summed E-state index contributed by atoms with van der Waals surface area (Å²) in [6.45, 7) is 5.77. The second kappa shape index (κ2) is 16.7. The van der Waals surface area contributed by atoms with E-state index in [1.54, 1.807) is 0 Å². The molecule has 0 aliphatic heterocycles. The summed E-state index contributed by atoms with van der Waals surface area (Å²) in [5, 5.41) is 11.4. The molecule has 0 fully saturated rings. The van der Waals surface area contributed by atoms with E-state index in [2.05, 4.69) is 88.9 Å². The van der Waals surface area contributed by atoms with Crippen molar-refractivity contribution in [1.82, 2.24) is 4.57 Å². The van der Waals surface area contributed by atoms with E-state index in [1.165, 1.54) is 187 Å². The molecule has 6 aromatic rings. The van der Waals surface area contributed by atoms with Crippen LogP contribution in [0.25, 0.3) is 54.1 Å². The van der Waals surface area contributed by atoms with Crippen LogP contribution in [0.1, 0.15) is 142 Å². The van der Waals surface area contributed by atoms with Crippen LogP contribution < -0.4 is 0 Å². The molecule has 0 bridgehead atoms. The van der Waals surface area contributed by atoms with E-state index in [9.17, 15) is 0 Å². The van der Waals surface area contributed by atoms with Crippen LogP contribution >= 0.6 is 15.9 Å². The lowest BCUT2D eigenvalue weighted by Crippen LogP contribution is -2.11. The van der Waals surface area contributed by atoms with Crippen LogP contribution in [0.3, 0.4) is 0 Å². The SMILES string of the molecule is CCCCCCCCCCCCC(CCCCCCCCCC)Cn1c2ccc3cccc4c5cccc6c(Br)cc1c(c65)c2c34. The highest BCUT2D eigenvalue weighted by Gasteiger charge is 2.23. The minimum atomic E-state index is 0.740. The number of benzene rings is 5. The summed E-state index contributed by atoms with van der Waals surface area (Å²) in [7, 11) is 0. The number of aromatic nitrogens is 1. The third-order valence-electron chi connectivity index (χ3n) is 11.1. The summed E-state index contributed by atoms with van der Waals surface area (Å²) in [4.78, 5) is 0. The lowest BCUT2D eigenvalue weighted by molar-refractivity contribution is 0.364. The summed E-state index contributed by atoms with van der Waals surface area (Å²) in [5.74, 6) is 0.740. The minimum Gasteiger partial charge on any atom is -0.340 e. The van der Waals surface area contributed by atoms with E-state index >= 15 is 0 Å².